The molecule has 0 saturated carbocycles. The van der Waals surface area contributed by atoms with Crippen molar-refractivity contribution in [3.63, 3.8) is 0 Å². The van der Waals surface area contributed by atoms with Crippen molar-refractivity contribution in [3.8, 4) is 0 Å². The maximum absolute atomic E-state index is 14.3. The molecule has 1 amide bonds. The molecule has 10 nitrogen and oxygen atoms in total. The van der Waals surface area contributed by atoms with Gasteiger partial charge in [-0.2, -0.15) is 24.1 Å². The van der Waals surface area contributed by atoms with Gasteiger partial charge in [0, 0.05) is 18.5 Å². The molecular formula is C25H22F5LiN8O2. The molecule has 4 aromatic rings. The minimum absolute atomic E-state index is 0. The number of hydrogen-bond donors (Lipinski definition) is 2. The number of benzene rings is 1. The first-order valence-corrected chi connectivity index (χ1v) is 12.3. The van der Waals surface area contributed by atoms with Gasteiger partial charge in [-0.05, 0) is 25.1 Å². The van der Waals surface area contributed by atoms with Crippen molar-refractivity contribution in [2.75, 3.05) is 30.3 Å². The molecule has 0 spiro atoms. The van der Waals surface area contributed by atoms with Crippen LogP contribution >= 0.6 is 0 Å². The Hall–Kier alpha value is -3.54. The molecule has 6 rings (SSSR count). The zero-order valence-electron chi connectivity index (χ0n) is 22.0. The second-order valence-electron chi connectivity index (χ2n) is 10.1. The molecule has 0 radical (unpaired) electrons. The number of carbonyl (C=O) groups is 1. The van der Waals surface area contributed by atoms with Gasteiger partial charge in [0.2, 0.25) is 11.9 Å². The maximum atomic E-state index is 14.3. The summed E-state index contributed by atoms with van der Waals surface area (Å²) in [6, 6.07) is 4.75. The first kappa shape index (κ1) is 29.0. The zero-order chi connectivity index (χ0) is 28.6. The summed E-state index contributed by atoms with van der Waals surface area (Å²) >= 11 is 0. The van der Waals surface area contributed by atoms with Crippen molar-refractivity contribution in [3.05, 3.63) is 59.5 Å². The average Bonchev–Trinajstić information content (AvgIpc) is 3.33. The van der Waals surface area contributed by atoms with Crippen molar-refractivity contribution in [2.45, 2.75) is 37.5 Å². The van der Waals surface area contributed by atoms with Crippen LogP contribution in [-0.4, -0.2) is 71.9 Å². The van der Waals surface area contributed by atoms with Crippen LogP contribution in [-0.2, 0) is 0 Å². The van der Waals surface area contributed by atoms with Crippen LogP contribution < -0.4 is 29.5 Å². The van der Waals surface area contributed by atoms with Crippen molar-refractivity contribution in [2.24, 2.45) is 0 Å². The smallest absolute Gasteiger partial charge is 0.488 e. The molecule has 210 valence electrons. The Balaban J connectivity index is 0.00000337. The molecule has 5 heterocycles. The molecule has 2 saturated heterocycles. The number of pyridine rings is 1. The van der Waals surface area contributed by atoms with Gasteiger partial charge >= 0.3 is 25.0 Å². The number of aromatic nitrogens is 5. The topological polar surface area (TPSA) is 126 Å². The van der Waals surface area contributed by atoms with Crippen LogP contribution in [0.25, 0.3) is 16.6 Å². The fraction of sp³-hybridized carbons (Fsp3) is 0.360. The number of nitrogens with two attached hydrogens (primary N) is 1. The van der Waals surface area contributed by atoms with Crippen LogP contribution in [0.4, 0.5) is 33.7 Å². The van der Waals surface area contributed by atoms with E-state index in [1.807, 2.05) is 0 Å². The van der Waals surface area contributed by atoms with Gasteiger partial charge < -0.3 is 20.6 Å². The van der Waals surface area contributed by atoms with Crippen molar-refractivity contribution >= 4 is 34.2 Å². The number of alkyl halides is 3. The number of piperidine rings is 1. The summed E-state index contributed by atoms with van der Waals surface area (Å²) in [6.45, 7) is 2.24. The van der Waals surface area contributed by atoms with Gasteiger partial charge in [-0.3, -0.25) is 4.79 Å². The van der Waals surface area contributed by atoms with E-state index in [1.165, 1.54) is 26.4 Å². The SMILES string of the molecule is Cc1nc(N2CC(O)(C(F)(F)F)C2)ccc1C(=O)N1[CH-]CC[C@@H](c2nc3c4cc(F)cc(F)c4nc(N)n3n2)C1.[Li+]. The summed E-state index contributed by atoms with van der Waals surface area (Å²) in [5, 5.41) is 14.2. The Labute approximate surface area is 241 Å². The van der Waals surface area contributed by atoms with E-state index in [2.05, 4.69) is 20.1 Å². The van der Waals surface area contributed by atoms with E-state index >= 15 is 0 Å². The van der Waals surface area contributed by atoms with E-state index in [0.29, 0.717) is 30.4 Å². The number of likely N-dealkylation sites (tertiary alicyclic amines) is 1. The number of anilines is 2. The number of fused-ring (bicyclic) bond motifs is 3. The summed E-state index contributed by atoms with van der Waals surface area (Å²) < 4.78 is 68.3. The average molecular weight is 568 g/mol. The van der Waals surface area contributed by atoms with Crippen LogP contribution in [0.2, 0.25) is 0 Å². The molecule has 2 aliphatic heterocycles. The number of rotatable bonds is 3. The number of aryl methyl sites for hydroxylation is 1. The second kappa shape index (κ2) is 10.1. The van der Waals surface area contributed by atoms with E-state index < -0.39 is 36.5 Å². The number of amides is 1. The number of nitrogen functional groups attached to an aromatic ring is 1. The molecule has 1 aromatic carbocycles. The Morgan fingerprint density at radius 2 is 1.90 bits per heavy atom. The molecule has 2 aliphatic rings. The Morgan fingerprint density at radius 3 is 2.59 bits per heavy atom. The third-order valence-electron chi connectivity index (χ3n) is 7.30. The van der Waals surface area contributed by atoms with Gasteiger partial charge in [0.25, 0.3) is 0 Å². The van der Waals surface area contributed by atoms with E-state index in [9.17, 15) is 31.9 Å². The number of carbonyl (C=O) groups excluding carboxylic acids is 1. The zero-order valence-corrected chi connectivity index (χ0v) is 22.0. The minimum Gasteiger partial charge on any atom is -0.488 e. The summed E-state index contributed by atoms with van der Waals surface area (Å²) in [5.74, 6) is -1.93. The van der Waals surface area contributed by atoms with Crippen LogP contribution in [0.5, 0.6) is 0 Å². The molecule has 3 N–H and O–H groups in total. The fourth-order valence-corrected chi connectivity index (χ4v) is 5.09. The van der Waals surface area contributed by atoms with Gasteiger partial charge in [0.1, 0.15) is 17.2 Å². The van der Waals surface area contributed by atoms with Gasteiger partial charge in [0.05, 0.1) is 29.7 Å². The van der Waals surface area contributed by atoms with Crippen LogP contribution in [0.15, 0.2) is 24.3 Å². The molecule has 16 heteroatoms. The molecule has 0 bridgehead atoms. The van der Waals surface area contributed by atoms with Gasteiger partial charge in [-0.1, -0.05) is 6.42 Å². The predicted molar refractivity (Wildman–Crippen MR) is 132 cm³/mol. The predicted octanol–water partition coefficient (Wildman–Crippen LogP) is 0.140. The van der Waals surface area contributed by atoms with Gasteiger partial charge in [-0.25, -0.2) is 30.3 Å². The van der Waals surface area contributed by atoms with Gasteiger partial charge in [0.15, 0.2) is 22.9 Å². The monoisotopic (exact) mass is 568 g/mol. The summed E-state index contributed by atoms with van der Waals surface area (Å²) in [7, 11) is 0. The molecule has 1 atom stereocenters. The largest absolute Gasteiger partial charge is 1.00 e. The van der Waals surface area contributed by atoms with Gasteiger partial charge in [-0.15, -0.1) is 5.10 Å². The first-order chi connectivity index (χ1) is 18.8. The normalized spacial score (nSPS) is 18.9. The molecule has 0 aliphatic carbocycles. The number of aliphatic hydroxyl groups is 1. The molecule has 41 heavy (non-hydrogen) atoms. The van der Waals surface area contributed by atoms with Crippen molar-refractivity contribution < 1.29 is 50.7 Å². The fourth-order valence-electron chi connectivity index (χ4n) is 5.09. The van der Waals surface area contributed by atoms with Crippen molar-refractivity contribution in [1.29, 1.82) is 0 Å². The maximum Gasteiger partial charge on any atom is 1.00 e. The first-order valence-electron chi connectivity index (χ1n) is 12.3. The Kier molecular flexibility index (Phi) is 7.12. The Bertz CT molecular complexity index is 1670. The standard InChI is InChI=1S/C25H22F5N8O2.Li/c1-12-15(4-5-18(32-12)37-10-24(40,11-37)25(28,29)30)22(39)36-6-2-3-13(9-36)20-34-21-16-7-14(26)8-17(27)19(16)33-23(31)38(21)35-20;/h4-8,13,40H,2-3,9-11H2,1H3,(H2,31,33);/q-1;+1/t13-;/m1./s1. The van der Waals surface area contributed by atoms with Crippen LogP contribution in [0.1, 0.15) is 40.6 Å². The minimum atomic E-state index is -4.74. The Morgan fingerprint density at radius 1 is 1.17 bits per heavy atom. The second-order valence-corrected chi connectivity index (χ2v) is 10.1. The van der Waals surface area contributed by atoms with Crippen LogP contribution in [0, 0.1) is 25.1 Å². The van der Waals surface area contributed by atoms with E-state index in [4.69, 9.17) is 5.73 Å². The van der Waals surface area contributed by atoms with E-state index in [-0.39, 0.29) is 71.1 Å². The third-order valence-corrected chi connectivity index (χ3v) is 7.30. The third kappa shape index (κ3) is 4.85. The van der Waals surface area contributed by atoms with Crippen molar-refractivity contribution in [1.82, 2.24) is 29.5 Å². The molecule has 0 unspecified atom stereocenters. The van der Waals surface area contributed by atoms with Crippen LogP contribution in [0.3, 0.4) is 0 Å². The summed E-state index contributed by atoms with van der Waals surface area (Å²) in [5.41, 5.74) is 3.77. The summed E-state index contributed by atoms with van der Waals surface area (Å²) in [4.78, 5) is 28.9. The number of nitrogens with zero attached hydrogens (tertiary/aromatic N) is 7. The van der Waals surface area contributed by atoms with E-state index in [0.717, 1.165) is 6.07 Å². The summed E-state index contributed by atoms with van der Waals surface area (Å²) in [6.07, 6.45) is -3.63. The van der Waals surface area contributed by atoms with E-state index in [1.54, 1.807) is 13.5 Å². The quantitative estimate of drug-likeness (QED) is 0.203. The number of halogens is 5. The number of β-amino-alcohol motifs (C(OH)–C–C–N with tert-alkyl or cyclic N) is 1. The molecular weight excluding hydrogens is 546 g/mol. The molecule has 2 fully saturated rings. The molecule has 3 aromatic heterocycles. The number of hydrogen-bond acceptors (Lipinski definition) is 8.